The number of hydrogen-bond acceptors (Lipinski definition) is 5. The highest BCUT2D eigenvalue weighted by Crippen LogP contribution is 2.38. The quantitative estimate of drug-likeness (QED) is 0.337. The van der Waals surface area contributed by atoms with Gasteiger partial charge in [0.15, 0.2) is 11.6 Å². The van der Waals surface area contributed by atoms with Crippen molar-refractivity contribution in [3.63, 3.8) is 0 Å². The van der Waals surface area contributed by atoms with Crippen LogP contribution < -0.4 is 21.1 Å². The highest BCUT2D eigenvalue weighted by atomic mass is 19.1. The van der Waals surface area contributed by atoms with Gasteiger partial charge in [-0.3, -0.25) is 9.78 Å². The molecule has 0 unspecified atom stereocenters. The lowest BCUT2D eigenvalue weighted by atomic mass is 10.0. The molecule has 9 nitrogen and oxygen atoms in total. The van der Waals surface area contributed by atoms with E-state index in [9.17, 15) is 9.59 Å². The molecule has 5 rings (SSSR count). The summed E-state index contributed by atoms with van der Waals surface area (Å²) >= 11 is 0. The van der Waals surface area contributed by atoms with Crippen LogP contribution in [0.5, 0.6) is 11.5 Å². The maximum atomic E-state index is 15.2. The fourth-order valence-corrected chi connectivity index (χ4v) is 4.74. The zero-order chi connectivity index (χ0) is 26.8. The maximum absolute atomic E-state index is 15.2. The first-order valence-corrected chi connectivity index (χ1v) is 12.3. The third-order valence-electron chi connectivity index (χ3n) is 6.56. The van der Waals surface area contributed by atoms with Gasteiger partial charge in [-0.2, -0.15) is 5.10 Å². The Bertz CT molecular complexity index is 1510. The summed E-state index contributed by atoms with van der Waals surface area (Å²) in [6.07, 6.45) is 5.64. The number of rotatable bonds is 7. The number of nitrogens with two attached hydrogens (primary N) is 2. The standard InChI is InChI=1S/C28H27FN6O3/c1-17-5-4-8-20(13-17)35-26(16-23(33-35)18-6-2-3-7-18)34(28(31)37)19-9-10-25(22(29)14-19)38-21-11-12-32-24(15-21)27(30)36/h4-5,8-16,18H,2-3,6-7H2,1H3,(H2,30,36)(H2,31,37). The lowest BCUT2D eigenvalue weighted by Gasteiger charge is -2.22. The van der Waals surface area contributed by atoms with Crippen molar-refractivity contribution in [3.05, 3.63) is 89.6 Å². The molecule has 0 spiro atoms. The average molecular weight is 515 g/mol. The van der Waals surface area contributed by atoms with Gasteiger partial charge in [0.05, 0.1) is 17.1 Å². The number of aromatic nitrogens is 3. The second-order valence-electron chi connectivity index (χ2n) is 9.29. The summed E-state index contributed by atoms with van der Waals surface area (Å²) in [5, 5.41) is 4.86. The van der Waals surface area contributed by atoms with Gasteiger partial charge in [-0.1, -0.05) is 25.0 Å². The molecule has 10 heteroatoms. The first-order chi connectivity index (χ1) is 18.3. The predicted molar refractivity (Wildman–Crippen MR) is 140 cm³/mol. The second-order valence-corrected chi connectivity index (χ2v) is 9.29. The number of carbonyl (C=O) groups is 2. The van der Waals surface area contributed by atoms with E-state index in [-0.39, 0.29) is 28.8 Å². The summed E-state index contributed by atoms with van der Waals surface area (Å²) in [5.74, 6) is -0.690. The number of benzene rings is 2. The molecule has 3 amide bonds. The molecule has 2 aromatic heterocycles. The van der Waals surface area contributed by atoms with Crippen LogP contribution in [0.25, 0.3) is 5.69 Å². The minimum Gasteiger partial charge on any atom is -0.454 e. The Hall–Kier alpha value is -4.73. The van der Waals surface area contributed by atoms with Gasteiger partial charge in [-0.05, 0) is 55.7 Å². The Morgan fingerprint density at radius 2 is 1.84 bits per heavy atom. The normalized spacial score (nSPS) is 13.4. The third-order valence-corrected chi connectivity index (χ3v) is 6.56. The maximum Gasteiger partial charge on any atom is 0.325 e. The van der Waals surface area contributed by atoms with Crippen LogP contribution in [0.15, 0.2) is 66.9 Å². The molecule has 1 saturated carbocycles. The van der Waals surface area contributed by atoms with Gasteiger partial charge in [0.2, 0.25) is 0 Å². The van der Waals surface area contributed by atoms with Crippen molar-refractivity contribution in [2.45, 2.75) is 38.5 Å². The zero-order valence-corrected chi connectivity index (χ0v) is 20.8. The summed E-state index contributed by atoms with van der Waals surface area (Å²) in [4.78, 5) is 29.3. The van der Waals surface area contributed by atoms with Crippen LogP contribution in [0.4, 0.5) is 20.7 Å². The van der Waals surface area contributed by atoms with Gasteiger partial charge >= 0.3 is 6.03 Å². The van der Waals surface area contributed by atoms with Crippen LogP contribution in [0.1, 0.15) is 53.3 Å². The Kier molecular flexibility index (Phi) is 6.78. The van der Waals surface area contributed by atoms with Gasteiger partial charge in [0.1, 0.15) is 17.3 Å². The van der Waals surface area contributed by atoms with Crippen molar-refractivity contribution in [1.29, 1.82) is 0 Å². The topological polar surface area (TPSA) is 129 Å². The average Bonchev–Trinajstić information content (AvgIpc) is 3.56. The SMILES string of the molecule is Cc1cccc(-n2nc(C3CCCC3)cc2N(C(N)=O)c2ccc(Oc3ccnc(C(N)=O)c3)c(F)c2)c1. The van der Waals surface area contributed by atoms with Crippen molar-refractivity contribution < 1.29 is 18.7 Å². The van der Waals surface area contributed by atoms with E-state index in [1.54, 1.807) is 4.68 Å². The minimum absolute atomic E-state index is 0.0121. The smallest absolute Gasteiger partial charge is 0.325 e. The molecule has 0 atom stereocenters. The van der Waals surface area contributed by atoms with E-state index in [1.165, 1.54) is 41.4 Å². The van der Waals surface area contributed by atoms with Crippen LogP contribution in [0.2, 0.25) is 0 Å². The first kappa shape index (κ1) is 24.9. The molecular weight excluding hydrogens is 487 g/mol. The molecular formula is C28H27FN6O3. The number of nitrogens with zero attached hydrogens (tertiary/aromatic N) is 4. The van der Waals surface area contributed by atoms with E-state index >= 15 is 4.39 Å². The van der Waals surface area contributed by atoms with Crippen molar-refractivity contribution in [3.8, 4) is 17.2 Å². The Morgan fingerprint density at radius 1 is 1.05 bits per heavy atom. The van der Waals surface area contributed by atoms with Crippen molar-refractivity contribution in [2.75, 3.05) is 4.90 Å². The van der Waals surface area contributed by atoms with Crippen LogP contribution in [-0.4, -0.2) is 26.7 Å². The highest BCUT2D eigenvalue weighted by Gasteiger charge is 2.27. The van der Waals surface area contributed by atoms with Gasteiger partial charge in [0, 0.05) is 30.3 Å². The number of primary amides is 2. The lowest BCUT2D eigenvalue weighted by molar-refractivity contribution is 0.0995. The summed E-state index contributed by atoms with van der Waals surface area (Å²) in [5.41, 5.74) is 14.0. The van der Waals surface area contributed by atoms with E-state index in [2.05, 4.69) is 4.98 Å². The summed E-state index contributed by atoms with van der Waals surface area (Å²) in [6, 6.07) is 15.7. The van der Waals surface area contributed by atoms with E-state index in [4.69, 9.17) is 21.3 Å². The van der Waals surface area contributed by atoms with Crippen molar-refractivity contribution in [1.82, 2.24) is 14.8 Å². The number of anilines is 2. The minimum atomic E-state index is -0.787. The number of halogens is 1. The number of urea groups is 1. The Labute approximate surface area is 218 Å². The number of ether oxygens (including phenoxy) is 1. The molecule has 38 heavy (non-hydrogen) atoms. The van der Waals surface area contributed by atoms with E-state index in [0.29, 0.717) is 5.82 Å². The number of hydrogen-bond donors (Lipinski definition) is 2. The molecule has 4 N–H and O–H groups in total. The largest absolute Gasteiger partial charge is 0.454 e. The van der Waals surface area contributed by atoms with Gasteiger partial charge < -0.3 is 16.2 Å². The van der Waals surface area contributed by atoms with Crippen LogP contribution >= 0.6 is 0 Å². The second kappa shape index (κ2) is 10.3. The molecule has 0 saturated heterocycles. The molecule has 1 fully saturated rings. The van der Waals surface area contributed by atoms with E-state index in [0.717, 1.165) is 42.6 Å². The van der Waals surface area contributed by atoms with Crippen LogP contribution in [-0.2, 0) is 0 Å². The van der Waals surface area contributed by atoms with Gasteiger partial charge in [-0.25, -0.2) is 18.8 Å². The highest BCUT2D eigenvalue weighted by molar-refractivity contribution is 5.98. The molecule has 1 aliphatic rings. The monoisotopic (exact) mass is 514 g/mol. The molecule has 1 aliphatic carbocycles. The summed E-state index contributed by atoms with van der Waals surface area (Å²) in [6.45, 7) is 1.97. The summed E-state index contributed by atoms with van der Waals surface area (Å²) in [7, 11) is 0. The fraction of sp³-hybridized carbons (Fsp3) is 0.214. The number of aryl methyl sites for hydroxylation is 1. The number of carbonyl (C=O) groups excluding carboxylic acids is 2. The Balaban J connectivity index is 1.53. The van der Waals surface area contributed by atoms with Crippen LogP contribution in [0.3, 0.4) is 0 Å². The first-order valence-electron chi connectivity index (χ1n) is 12.3. The molecule has 4 aromatic rings. The molecule has 0 bridgehead atoms. The number of pyridine rings is 1. The fourth-order valence-electron chi connectivity index (χ4n) is 4.74. The molecule has 0 aliphatic heterocycles. The lowest BCUT2D eigenvalue weighted by Crippen LogP contribution is -2.33. The van der Waals surface area contributed by atoms with Crippen LogP contribution in [0, 0.1) is 12.7 Å². The van der Waals surface area contributed by atoms with Gasteiger partial charge in [0.25, 0.3) is 5.91 Å². The van der Waals surface area contributed by atoms with E-state index in [1.807, 2.05) is 37.3 Å². The predicted octanol–water partition coefficient (Wildman–Crippen LogP) is 5.48. The Morgan fingerprint density at radius 3 is 2.53 bits per heavy atom. The molecule has 2 aromatic carbocycles. The van der Waals surface area contributed by atoms with Crippen molar-refractivity contribution >= 4 is 23.4 Å². The molecule has 2 heterocycles. The molecule has 194 valence electrons. The third kappa shape index (κ3) is 5.06. The van der Waals surface area contributed by atoms with Gasteiger partial charge in [-0.15, -0.1) is 0 Å². The zero-order valence-electron chi connectivity index (χ0n) is 20.8. The van der Waals surface area contributed by atoms with E-state index < -0.39 is 17.8 Å². The molecule has 0 radical (unpaired) electrons. The van der Waals surface area contributed by atoms with Crippen molar-refractivity contribution in [2.24, 2.45) is 11.5 Å². The number of amides is 3. The summed E-state index contributed by atoms with van der Waals surface area (Å²) < 4.78 is 22.5.